The number of halogens is 2. The molecule has 1 aromatic carbocycles. The van der Waals surface area contributed by atoms with Crippen LogP contribution < -0.4 is 5.32 Å². The highest BCUT2D eigenvalue weighted by Crippen LogP contribution is 2.35. The van der Waals surface area contributed by atoms with Gasteiger partial charge in [0.25, 0.3) is 0 Å². The molecule has 1 saturated carbocycles. The molecule has 3 atom stereocenters. The fraction of sp³-hybridized carbons (Fsp3) is 0.571. The average Bonchev–Trinajstić information content (AvgIpc) is 2.65. The summed E-state index contributed by atoms with van der Waals surface area (Å²) in [5.41, 5.74) is 0.945. The van der Waals surface area contributed by atoms with Crippen molar-refractivity contribution < 1.29 is 4.39 Å². The normalized spacial score (nSPS) is 28.6. The fourth-order valence-corrected chi connectivity index (χ4v) is 3.12. The number of hydrogen-bond donors (Lipinski definition) is 1. The third kappa shape index (κ3) is 2.80. The van der Waals surface area contributed by atoms with Crippen LogP contribution in [-0.4, -0.2) is 13.1 Å². The van der Waals surface area contributed by atoms with Crippen LogP contribution in [0.4, 0.5) is 4.39 Å². The molecule has 1 aliphatic carbocycles. The van der Waals surface area contributed by atoms with Crippen LogP contribution in [0.3, 0.4) is 0 Å². The lowest BCUT2D eigenvalue weighted by molar-refractivity contribution is 0.364. The van der Waals surface area contributed by atoms with E-state index in [1.807, 2.05) is 7.05 Å². The summed E-state index contributed by atoms with van der Waals surface area (Å²) in [7, 11) is 2.01. The first kappa shape index (κ1) is 12.8. The molecule has 94 valence electrons. The van der Waals surface area contributed by atoms with Gasteiger partial charge in [-0.2, -0.15) is 0 Å². The van der Waals surface area contributed by atoms with Crippen LogP contribution in [0, 0.1) is 17.7 Å². The van der Waals surface area contributed by atoms with Crippen molar-refractivity contribution in [2.24, 2.45) is 11.8 Å². The van der Waals surface area contributed by atoms with E-state index in [4.69, 9.17) is 11.6 Å². The summed E-state index contributed by atoms with van der Waals surface area (Å²) < 4.78 is 13.2. The molecule has 1 aromatic rings. The van der Waals surface area contributed by atoms with Crippen molar-refractivity contribution in [2.45, 2.75) is 32.2 Å². The first-order valence-corrected chi connectivity index (χ1v) is 6.60. The summed E-state index contributed by atoms with van der Waals surface area (Å²) in [5, 5.41) is 4.03. The van der Waals surface area contributed by atoms with E-state index in [2.05, 4.69) is 12.2 Å². The van der Waals surface area contributed by atoms with Crippen LogP contribution in [0.2, 0.25) is 5.02 Å². The Balaban J connectivity index is 2.09. The minimum Gasteiger partial charge on any atom is -0.317 e. The first-order chi connectivity index (χ1) is 8.11. The van der Waals surface area contributed by atoms with Crippen molar-refractivity contribution in [1.82, 2.24) is 5.32 Å². The first-order valence-electron chi connectivity index (χ1n) is 6.23. The molecule has 17 heavy (non-hydrogen) atoms. The number of hydrogen-bond acceptors (Lipinski definition) is 1. The molecular formula is C14H19ClFN. The van der Waals surface area contributed by atoms with E-state index in [-0.39, 0.29) is 5.82 Å². The number of benzene rings is 1. The Morgan fingerprint density at radius 2 is 2.18 bits per heavy atom. The van der Waals surface area contributed by atoms with Gasteiger partial charge in [-0.25, -0.2) is 4.39 Å². The lowest BCUT2D eigenvalue weighted by atomic mass is 9.89. The lowest BCUT2D eigenvalue weighted by Gasteiger charge is -2.20. The lowest BCUT2D eigenvalue weighted by Crippen LogP contribution is -2.29. The van der Waals surface area contributed by atoms with E-state index in [1.165, 1.54) is 18.9 Å². The molecule has 0 amide bonds. The Morgan fingerprint density at radius 1 is 1.41 bits per heavy atom. The summed E-state index contributed by atoms with van der Waals surface area (Å²) >= 11 is 6.11. The SMILES string of the molecule is CNC1CCC(Cc2cc(F)ccc2Cl)C1C. The molecule has 0 radical (unpaired) electrons. The van der Waals surface area contributed by atoms with E-state index in [1.54, 1.807) is 12.1 Å². The highest BCUT2D eigenvalue weighted by atomic mass is 35.5. The Bertz CT molecular complexity index is 394. The molecule has 0 spiro atoms. The molecule has 1 N–H and O–H groups in total. The maximum atomic E-state index is 13.2. The Hall–Kier alpha value is -0.600. The quantitative estimate of drug-likeness (QED) is 0.869. The van der Waals surface area contributed by atoms with Crippen LogP contribution in [0.25, 0.3) is 0 Å². The van der Waals surface area contributed by atoms with E-state index in [0.29, 0.717) is 22.9 Å². The maximum Gasteiger partial charge on any atom is 0.123 e. The molecule has 0 aliphatic heterocycles. The molecule has 1 nitrogen and oxygen atoms in total. The Kier molecular flexibility index (Phi) is 4.05. The summed E-state index contributed by atoms with van der Waals surface area (Å²) in [6.07, 6.45) is 3.28. The van der Waals surface area contributed by atoms with Crippen molar-refractivity contribution in [3.8, 4) is 0 Å². The fourth-order valence-electron chi connectivity index (χ4n) is 2.93. The predicted octanol–water partition coefficient (Wildman–Crippen LogP) is 3.66. The average molecular weight is 256 g/mol. The van der Waals surface area contributed by atoms with Gasteiger partial charge in [-0.15, -0.1) is 0 Å². The van der Waals surface area contributed by atoms with Gasteiger partial charge in [-0.1, -0.05) is 18.5 Å². The molecule has 0 bridgehead atoms. The summed E-state index contributed by atoms with van der Waals surface area (Å²) in [4.78, 5) is 0. The second kappa shape index (κ2) is 5.36. The van der Waals surface area contributed by atoms with Gasteiger partial charge in [0.2, 0.25) is 0 Å². The second-order valence-corrected chi connectivity index (χ2v) is 5.44. The smallest absolute Gasteiger partial charge is 0.123 e. The highest BCUT2D eigenvalue weighted by Gasteiger charge is 2.31. The Morgan fingerprint density at radius 3 is 2.82 bits per heavy atom. The van der Waals surface area contributed by atoms with Gasteiger partial charge < -0.3 is 5.32 Å². The molecule has 2 rings (SSSR count). The zero-order chi connectivity index (χ0) is 12.4. The van der Waals surface area contributed by atoms with Crippen LogP contribution >= 0.6 is 11.6 Å². The summed E-state index contributed by atoms with van der Waals surface area (Å²) in [5.74, 6) is 1.03. The van der Waals surface area contributed by atoms with Crippen molar-refractivity contribution in [2.75, 3.05) is 7.05 Å². The molecule has 1 aliphatic rings. The number of nitrogens with one attached hydrogen (secondary N) is 1. The van der Waals surface area contributed by atoms with Gasteiger partial charge in [0.1, 0.15) is 5.82 Å². The molecule has 0 aromatic heterocycles. The van der Waals surface area contributed by atoms with Gasteiger partial charge >= 0.3 is 0 Å². The van der Waals surface area contributed by atoms with E-state index in [0.717, 1.165) is 12.0 Å². The molecular weight excluding hydrogens is 237 g/mol. The van der Waals surface area contributed by atoms with E-state index >= 15 is 0 Å². The zero-order valence-electron chi connectivity index (χ0n) is 10.3. The number of rotatable bonds is 3. The van der Waals surface area contributed by atoms with Crippen LogP contribution in [-0.2, 0) is 6.42 Å². The summed E-state index contributed by atoms with van der Waals surface area (Å²) in [6, 6.07) is 5.23. The maximum absolute atomic E-state index is 13.2. The molecule has 0 saturated heterocycles. The second-order valence-electron chi connectivity index (χ2n) is 5.03. The van der Waals surface area contributed by atoms with Crippen molar-refractivity contribution in [1.29, 1.82) is 0 Å². The van der Waals surface area contributed by atoms with Crippen molar-refractivity contribution in [3.63, 3.8) is 0 Å². The third-order valence-corrected chi connectivity index (χ3v) is 4.46. The predicted molar refractivity (Wildman–Crippen MR) is 69.8 cm³/mol. The van der Waals surface area contributed by atoms with Crippen LogP contribution in [0.1, 0.15) is 25.3 Å². The topological polar surface area (TPSA) is 12.0 Å². The van der Waals surface area contributed by atoms with Crippen LogP contribution in [0.5, 0.6) is 0 Å². The van der Waals surface area contributed by atoms with Gasteiger partial charge in [0, 0.05) is 11.1 Å². The van der Waals surface area contributed by atoms with E-state index in [9.17, 15) is 4.39 Å². The molecule has 0 heterocycles. The van der Waals surface area contributed by atoms with Crippen LogP contribution in [0.15, 0.2) is 18.2 Å². The van der Waals surface area contributed by atoms with Crippen molar-refractivity contribution in [3.05, 3.63) is 34.6 Å². The standard InChI is InChI=1S/C14H19ClFN/c1-9-10(3-6-14(9)17-2)7-11-8-12(16)4-5-13(11)15/h4-5,8-10,14,17H,3,6-7H2,1-2H3. The largest absolute Gasteiger partial charge is 0.317 e. The van der Waals surface area contributed by atoms with Gasteiger partial charge in [-0.3, -0.25) is 0 Å². The zero-order valence-corrected chi connectivity index (χ0v) is 11.1. The van der Waals surface area contributed by atoms with Crippen molar-refractivity contribution >= 4 is 11.6 Å². The molecule has 1 fully saturated rings. The Labute approximate surface area is 107 Å². The monoisotopic (exact) mass is 255 g/mol. The van der Waals surface area contributed by atoms with Gasteiger partial charge in [0.15, 0.2) is 0 Å². The van der Waals surface area contributed by atoms with Gasteiger partial charge in [0.05, 0.1) is 0 Å². The molecule has 3 heteroatoms. The minimum absolute atomic E-state index is 0.194. The molecule has 3 unspecified atom stereocenters. The third-order valence-electron chi connectivity index (χ3n) is 4.09. The van der Waals surface area contributed by atoms with E-state index < -0.39 is 0 Å². The van der Waals surface area contributed by atoms with Gasteiger partial charge in [-0.05, 0) is 61.9 Å². The minimum atomic E-state index is -0.194. The summed E-state index contributed by atoms with van der Waals surface area (Å²) in [6.45, 7) is 2.27. The highest BCUT2D eigenvalue weighted by molar-refractivity contribution is 6.31.